The van der Waals surface area contributed by atoms with Gasteiger partial charge in [0.1, 0.15) is 16.7 Å². The molecule has 86 valence electrons. The predicted molar refractivity (Wildman–Crippen MR) is 72.0 cm³/mol. The first kappa shape index (κ1) is 12.1. The molecule has 2 aromatic rings. The Morgan fingerprint density at radius 1 is 1.56 bits per heavy atom. The molecule has 0 saturated heterocycles. The van der Waals surface area contributed by atoms with Crippen molar-refractivity contribution in [3.8, 4) is 10.6 Å². The summed E-state index contributed by atoms with van der Waals surface area (Å²) in [4.78, 5) is 5.59. The van der Waals surface area contributed by atoms with Crippen LogP contribution in [0.2, 0.25) is 5.15 Å². The number of hydrogen-bond donors (Lipinski definition) is 1. The number of rotatable bonds is 3. The Labute approximate surface area is 111 Å². The standard InChI is InChI=1S/C10H11BrClN3S/c1-15-8(4-5-13)14-9(10(15)12)6-2-3-7(11)16-6/h2-3H,4-5,13H2,1H3. The topological polar surface area (TPSA) is 43.8 Å². The molecule has 2 heterocycles. The van der Waals surface area contributed by atoms with Crippen molar-refractivity contribution < 1.29 is 0 Å². The van der Waals surface area contributed by atoms with Crippen LogP contribution in [0.4, 0.5) is 0 Å². The maximum absolute atomic E-state index is 6.24. The van der Waals surface area contributed by atoms with Crippen molar-refractivity contribution >= 4 is 38.9 Å². The highest BCUT2D eigenvalue weighted by molar-refractivity contribution is 9.11. The van der Waals surface area contributed by atoms with Crippen molar-refractivity contribution in [3.05, 3.63) is 26.9 Å². The van der Waals surface area contributed by atoms with E-state index in [9.17, 15) is 0 Å². The van der Waals surface area contributed by atoms with Crippen LogP contribution >= 0.6 is 38.9 Å². The monoisotopic (exact) mass is 319 g/mol. The molecule has 0 radical (unpaired) electrons. The van der Waals surface area contributed by atoms with Crippen molar-refractivity contribution in [3.63, 3.8) is 0 Å². The minimum Gasteiger partial charge on any atom is -0.330 e. The van der Waals surface area contributed by atoms with Crippen molar-refractivity contribution in [1.29, 1.82) is 0 Å². The maximum Gasteiger partial charge on any atom is 0.137 e. The van der Waals surface area contributed by atoms with E-state index < -0.39 is 0 Å². The third kappa shape index (κ3) is 2.18. The molecular formula is C10H11BrClN3S. The number of thiophene rings is 1. The number of hydrogen-bond acceptors (Lipinski definition) is 3. The maximum atomic E-state index is 6.24. The Kier molecular flexibility index (Phi) is 3.69. The summed E-state index contributed by atoms with van der Waals surface area (Å²) in [6.45, 7) is 0.578. The molecule has 0 atom stereocenters. The summed E-state index contributed by atoms with van der Waals surface area (Å²) in [6, 6.07) is 4.00. The van der Waals surface area contributed by atoms with Crippen molar-refractivity contribution in [2.75, 3.05) is 6.54 Å². The summed E-state index contributed by atoms with van der Waals surface area (Å²) in [5, 5.41) is 0.665. The lowest BCUT2D eigenvalue weighted by Gasteiger charge is -1.98. The Bertz CT molecular complexity index is 506. The molecule has 0 fully saturated rings. The molecule has 0 aliphatic rings. The van der Waals surface area contributed by atoms with Crippen LogP contribution in [0.1, 0.15) is 5.82 Å². The van der Waals surface area contributed by atoms with Gasteiger partial charge in [-0.1, -0.05) is 11.6 Å². The van der Waals surface area contributed by atoms with Crippen LogP contribution in [0, 0.1) is 0 Å². The second-order valence-corrected chi connectivity index (χ2v) is 6.19. The van der Waals surface area contributed by atoms with Gasteiger partial charge in [-0.3, -0.25) is 0 Å². The number of nitrogens with zero attached hydrogens (tertiary/aromatic N) is 2. The minimum absolute atomic E-state index is 0.578. The van der Waals surface area contributed by atoms with Crippen LogP contribution < -0.4 is 5.73 Å². The summed E-state index contributed by atoms with van der Waals surface area (Å²) in [7, 11) is 1.91. The van der Waals surface area contributed by atoms with Crippen molar-refractivity contribution in [2.45, 2.75) is 6.42 Å². The van der Waals surface area contributed by atoms with E-state index in [0.29, 0.717) is 11.7 Å². The molecule has 2 aromatic heterocycles. The van der Waals surface area contributed by atoms with Gasteiger partial charge in [-0.2, -0.15) is 0 Å². The molecule has 0 aliphatic heterocycles. The van der Waals surface area contributed by atoms with E-state index in [-0.39, 0.29) is 0 Å². The SMILES string of the molecule is Cn1c(CCN)nc(-c2ccc(Br)s2)c1Cl. The van der Waals surface area contributed by atoms with Crippen molar-refractivity contribution in [2.24, 2.45) is 12.8 Å². The molecule has 16 heavy (non-hydrogen) atoms. The molecule has 0 aromatic carbocycles. The van der Waals surface area contributed by atoms with Gasteiger partial charge in [-0.05, 0) is 34.6 Å². The molecule has 0 unspecified atom stereocenters. The van der Waals surface area contributed by atoms with Gasteiger partial charge in [0.2, 0.25) is 0 Å². The van der Waals surface area contributed by atoms with Gasteiger partial charge in [0.15, 0.2) is 0 Å². The van der Waals surface area contributed by atoms with Gasteiger partial charge >= 0.3 is 0 Å². The molecule has 2 N–H and O–H groups in total. The van der Waals surface area contributed by atoms with Gasteiger partial charge in [0.25, 0.3) is 0 Å². The fraction of sp³-hybridized carbons (Fsp3) is 0.300. The first-order valence-corrected chi connectivity index (χ1v) is 6.79. The van der Waals surface area contributed by atoms with Gasteiger partial charge in [0, 0.05) is 13.5 Å². The largest absolute Gasteiger partial charge is 0.330 e. The lowest BCUT2D eigenvalue weighted by Crippen LogP contribution is -2.07. The summed E-state index contributed by atoms with van der Waals surface area (Å²) in [5.41, 5.74) is 6.37. The highest BCUT2D eigenvalue weighted by Crippen LogP contribution is 2.35. The molecule has 2 rings (SSSR count). The van der Waals surface area contributed by atoms with Crippen LogP contribution in [0.3, 0.4) is 0 Å². The number of aromatic nitrogens is 2. The molecule has 0 bridgehead atoms. The van der Waals surface area contributed by atoms with E-state index in [0.717, 1.165) is 26.6 Å². The fourth-order valence-corrected chi connectivity index (χ4v) is 3.15. The highest BCUT2D eigenvalue weighted by atomic mass is 79.9. The summed E-state index contributed by atoms with van der Waals surface area (Å²) in [6.07, 6.45) is 0.739. The zero-order valence-electron chi connectivity index (χ0n) is 8.70. The molecule has 0 saturated carbocycles. The lowest BCUT2D eigenvalue weighted by molar-refractivity contribution is 0.778. The average Bonchev–Trinajstić information content (AvgIpc) is 2.78. The average molecular weight is 321 g/mol. The van der Waals surface area contributed by atoms with E-state index in [2.05, 4.69) is 20.9 Å². The minimum atomic E-state index is 0.578. The molecule has 0 amide bonds. The number of nitrogens with two attached hydrogens (primary N) is 1. The molecular weight excluding hydrogens is 310 g/mol. The van der Waals surface area contributed by atoms with E-state index in [4.69, 9.17) is 17.3 Å². The second kappa shape index (κ2) is 4.87. The smallest absolute Gasteiger partial charge is 0.137 e. The lowest BCUT2D eigenvalue weighted by atomic mass is 10.4. The third-order valence-corrected chi connectivity index (χ3v) is 4.36. The van der Waals surface area contributed by atoms with Crippen LogP contribution in [0.25, 0.3) is 10.6 Å². The molecule has 0 aliphatic carbocycles. The quantitative estimate of drug-likeness (QED) is 0.944. The summed E-state index contributed by atoms with van der Waals surface area (Å²) in [5.74, 6) is 0.923. The Hall–Kier alpha value is -0.360. The van der Waals surface area contributed by atoms with Crippen LogP contribution in [-0.2, 0) is 13.5 Å². The summed E-state index contributed by atoms with van der Waals surface area (Å²) >= 11 is 11.3. The van der Waals surface area contributed by atoms with Crippen LogP contribution in [0.5, 0.6) is 0 Å². The van der Waals surface area contributed by atoms with Crippen LogP contribution in [-0.4, -0.2) is 16.1 Å². The van der Waals surface area contributed by atoms with Gasteiger partial charge in [-0.15, -0.1) is 11.3 Å². The Morgan fingerprint density at radius 2 is 2.31 bits per heavy atom. The van der Waals surface area contributed by atoms with E-state index in [1.54, 1.807) is 11.3 Å². The number of halogens is 2. The normalized spacial score (nSPS) is 11.0. The zero-order valence-corrected chi connectivity index (χ0v) is 11.9. The first-order valence-electron chi connectivity index (χ1n) is 4.80. The van der Waals surface area contributed by atoms with Crippen molar-refractivity contribution in [1.82, 2.24) is 9.55 Å². The highest BCUT2D eigenvalue weighted by Gasteiger charge is 2.15. The third-order valence-electron chi connectivity index (χ3n) is 2.29. The molecule has 6 heteroatoms. The Morgan fingerprint density at radius 3 is 2.88 bits per heavy atom. The van der Waals surface area contributed by atoms with Gasteiger partial charge < -0.3 is 10.3 Å². The van der Waals surface area contributed by atoms with Gasteiger partial charge in [-0.25, -0.2) is 4.98 Å². The van der Waals surface area contributed by atoms with E-state index in [1.165, 1.54) is 0 Å². The molecule has 3 nitrogen and oxygen atoms in total. The summed E-state index contributed by atoms with van der Waals surface area (Å²) < 4.78 is 2.96. The Balaban J connectivity index is 2.45. The second-order valence-electron chi connectivity index (χ2n) is 3.37. The zero-order chi connectivity index (χ0) is 11.7. The predicted octanol–water partition coefficient (Wildman–Crippen LogP) is 3.07. The van der Waals surface area contributed by atoms with E-state index in [1.807, 2.05) is 23.7 Å². The number of imidazole rings is 1. The molecule has 0 spiro atoms. The van der Waals surface area contributed by atoms with Gasteiger partial charge in [0.05, 0.1) is 8.66 Å². The first-order chi connectivity index (χ1) is 7.63. The van der Waals surface area contributed by atoms with E-state index >= 15 is 0 Å². The van der Waals surface area contributed by atoms with Crippen LogP contribution in [0.15, 0.2) is 15.9 Å². The fourth-order valence-electron chi connectivity index (χ4n) is 1.47.